The molecular weight excluding hydrogens is 440 g/mol. The van der Waals surface area contributed by atoms with E-state index in [0.29, 0.717) is 29.7 Å². The molecule has 4 rings (SSSR count). The van der Waals surface area contributed by atoms with Gasteiger partial charge >= 0.3 is 0 Å². The number of ether oxygens (including phenoxy) is 2. The van der Waals surface area contributed by atoms with Crippen LogP contribution in [0.4, 0.5) is 5.69 Å². The van der Waals surface area contributed by atoms with E-state index >= 15 is 0 Å². The molecule has 0 unspecified atom stereocenters. The van der Waals surface area contributed by atoms with Gasteiger partial charge in [-0.15, -0.1) is 0 Å². The molecule has 0 fully saturated rings. The van der Waals surface area contributed by atoms with Crippen molar-refractivity contribution >= 4 is 33.2 Å². The molecule has 9 heteroatoms. The van der Waals surface area contributed by atoms with Crippen LogP contribution in [-0.2, 0) is 16.6 Å². The highest BCUT2D eigenvalue weighted by molar-refractivity contribution is 7.92. The van der Waals surface area contributed by atoms with E-state index in [1.165, 1.54) is 30.3 Å². The van der Waals surface area contributed by atoms with Crippen LogP contribution in [0.2, 0.25) is 5.02 Å². The lowest BCUT2D eigenvalue weighted by molar-refractivity contribution is 0.0950. The molecule has 1 aliphatic rings. The van der Waals surface area contributed by atoms with Gasteiger partial charge in [0.1, 0.15) is 13.2 Å². The fourth-order valence-corrected chi connectivity index (χ4v) is 4.34. The third-order valence-electron chi connectivity index (χ3n) is 4.63. The second kappa shape index (κ2) is 8.87. The number of nitrogens with one attached hydrogen (secondary N) is 2. The molecule has 0 saturated heterocycles. The summed E-state index contributed by atoms with van der Waals surface area (Å²) in [4.78, 5) is 12.9. The average Bonchev–Trinajstić information content (AvgIpc) is 2.78. The molecule has 0 radical (unpaired) electrons. The molecule has 31 heavy (non-hydrogen) atoms. The molecule has 0 bridgehead atoms. The standard InChI is InChI=1S/C22H19ClN2O5S/c23-16-8-10-17(11-9-16)31(27,28)25-19-6-2-1-5-18(19)22(26)24-14-15-4-3-7-20-21(15)30-13-12-29-20/h1-11,25H,12-14H2,(H,24,26). The van der Waals surface area contributed by atoms with Crippen LogP contribution in [0.1, 0.15) is 15.9 Å². The minimum absolute atomic E-state index is 0.0418. The normalized spacial score (nSPS) is 12.8. The molecule has 7 nitrogen and oxygen atoms in total. The van der Waals surface area contributed by atoms with Gasteiger partial charge in [-0.1, -0.05) is 35.9 Å². The zero-order chi connectivity index (χ0) is 21.8. The maximum atomic E-state index is 12.8. The average molecular weight is 459 g/mol. The molecule has 0 atom stereocenters. The maximum absolute atomic E-state index is 12.8. The van der Waals surface area contributed by atoms with Crippen molar-refractivity contribution in [2.75, 3.05) is 17.9 Å². The van der Waals surface area contributed by atoms with Crippen molar-refractivity contribution < 1.29 is 22.7 Å². The van der Waals surface area contributed by atoms with Gasteiger partial charge in [-0.05, 0) is 42.5 Å². The number of benzene rings is 3. The zero-order valence-electron chi connectivity index (χ0n) is 16.3. The Hall–Kier alpha value is -3.23. The molecular formula is C22H19ClN2O5S. The van der Waals surface area contributed by atoms with E-state index < -0.39 is 15.9 Å². The van der Waals surface area contributed by atoms with E-state index in [1.807, 2.05) is 12.1 Å². The van der Waals surface area contributed by atoms with Crippen LogP contribution >= 0.6 is 11.6 Å². The van der Waals surface area contributed by atoms with Crippen molar-refractivity contribution in [2.45, 2.75) is 11.4 Å². The number of anilines is 1. The molecule has 0 aromatic heterocycles. The van der Waals surface area contributed by atoms with Crippen LogP contribution in [0.3, 0.4) is 0 Å². The van der Waals surface area contributed by atoms with Crippen LogP contribution in [0, 0.1) is 0 Å². The Balaban J connectivity index is 1.52. The highest BCUT2D eigenvalue weighted by Crippen LogP contribution is 2.33. The summed E-state index contributed by atoms with van der Waals surface area (Å²) in [7, 11) is -3.89. The van der Waals surface area contributed by atoms with Crippen LogP contribution in [0.5, 0.6) is 11.5 Å². The van der Waals surface area contributed by atoms with E-state index in [4.69, 9.17) is 21.1 Å². The van der Waals surface area contributed by atoms with Crippen LogP contribution < -0.4 is 19.5 Å². The van der Waals surface area contributed by atoms with Crippen molar-refractivity contribution in [2.24, 2.45) is 0 Å². The van der Waals surface area contributed by atoms with Gasteiger partial charge in [0, 0.05) is 17.1 Å². The van der Waals surface area contributed by atoms with E-state index in [2.05, 4.69) is 10.0 Å². The molecule has 1 amide bonds. The number of hydrogen-bond donors (Lipinski definition) is 2. The van der Waals surface area contributed by atoms with Gasteiger partial charge < -0.3 is 14.8 Å². The van der Waals surface area contributed by atoms with E-state index in [-0.39, 0.29) is 22.7 Å². The quantitative estimate of drug-likeness (QED) is 0.585. The number of sulfonamides is 1. The highest BCUT2D eigenvalue weighted by Gasteiger charge is 2.20. The van der Waals surface area contributed by atoms with Crippen molar-refractivity contribution in [3.63, 3.8) is 0 Å². The molecule has 1 heterocycles. The van der Waals surface area contributed by atoms with E-state index in [9.17, 15) is 13.2 Å². The number of hydrogen-bond acceptors (Lipinski definition) is 5. The Morgan fingerprint density at radius 3 is 2.48 bits per heavy atom. The molecule has 3 aromatic rings. The minimum Gasteiger partial charge on any atom is -0.486 e. The van der Waals surface area contributed by atoms with E-state index in [0.717, 1.165) is 5.56 Å². The second-order valence-electron chi connectivity index (χ2n) is 6.73. The van der Waals surface area contributed by atoms with Gasteiger partial charge in [0.2, 0.25) is 0 Å². The molecule has 160 valence electrons. The van der Waals surface area contributed by atoms with Gasteiger partial charge in [0.05, 0.1) is 16.1 Å². The number of rotatable bonds is 6. The van der Waals surface area contributed by atoms with Crippen molar-refractivity contribution in [1.82, 2.24) is 5.32 Å². The first kappa shape index (κ1) is 21.0. The Morgan fingerprint density at radius 2 is 1.68 bits per heavy atom. The summed E-state index contributed by atoms with van der Waals surface area (Å²) in [6, 6.07) is 17.6. The van der Waals surface area contributed by atoms with Crippen LogP contribution in [-0.4, -0.2) is 27.5 Å². The van der Waals surface area contributed by atoms with Gasteiger partial charge in [-0.2, -0.15) is 0 Å². The predicted octanol–water partition coefficient (Wildman–Crippen LogP) is 3.84. The van der Waals surface area contributed by atoms with Crippen LogP contribution in [0.15, 0.2) is 71.6 Å². The van der Waals surface area contributed by atoms with Gasteiger partial charge in [0.15, 0.2) is 11.5 Å². The number of fused-ring (bicyclic) bond motifs is 1. The lowest BCUT2D eigenvalue weighted by atomic mass is 10.1. The number of halogens is 1. The summed E-state index contributed by atoms with van der Waals surface area (Å²) in [6.07, 6.45) is 0. The fourth-order valence-electron chi connectivity index (χ4n) is 3.13. The summed E-state index contributed by atoms with van der Waals surface area (Å²) < 4.78 is 39.1. The first-order valence-electron chi connectivity index (χ1n) is 9.47. The summed E-state index contributed by atoms with van der Waals surface area (Å²) in [5.41, 5.74) is 1.14. The van der Waals surface area contributed by atoms with Crippen LogP contribution in [0.25, 0.3) is 0 Å². The fraction of sp³-hybridized carbons (Fsp3) is 0.136. The van der Waals surface area contributed by atoms with E-state index in [1.54, 1.807) is 24.3 Å². The first-order valence-corrected chi connectivity index (χ1v) is 11.3. The summed E-state index contributed by atoms with van der Waals surface area (Å²) in [6.45, 7) is 1.11. The lowest BCUT2D eigenvalue weighted by Crippen LogP contribution is -2.26. The SMILES string of the molecule is O=C(NCc1cccc2c1OCCO2)c1ccccc1NS(=O)(=O)c1ccc(Cl)cc1. The largest absolute Gasteiger partial charge is 0.486 e. The third-order valence-corrected chi connectivity index (χ3v) is 6.26. The summed E-state index contributed by atoms with van der Waals surface area (Å²) in [5, 5.41) is 3.24. The van der Waals surface area contributed by atoms with Gasteiger partial charge in [-0.25, -0.2) is 8.42 Å². The molecule has 2 N–H and O–H groups in total. The second-order valence-corrected chi connectivity index (χ2v) is 8.85. The Kier molecular flexibility index (Phi) is 6.01. The number of para-hydroxylation sites is 2. The third kappa shape index (κ3) is 4.76. The minimum atomic E-state index is -3.89. The Bertz CT molecular complexity index is 1210. The number of amides is 1. The summed E-state index contributed by atoms with van der Waals surface area (Å²) >= 11 is 5.83. The molecule has 0 spiro atoms. The number of carbonyl (C=O) groups excluding carboxylic acids is 1. The summed E-state index contributed by atoms with van der Waals surface area (Å²) in [5.74, 6) is 0.809. The smallest absolute Gasteiger partial charge is 0.261 e. The van der Waals surface area contributed by atoms with Crippen molar-refractivity contribution in [3.8, 4) is 11.5 Å². The monoisotopic (exact) mass is 458 g/mol. The lowest BCUT2D eigenvalue weighted by Gasteiger charge is -2.21. The molecule has 1 aliphatic heterocycles. The van der Waals surface area contributed by atoms with Gasteiger partial charge in [-0.3, -0.25) is 9.52 Å². The first-order chi connectivity index (χ1) is 14.9. The maximum Gasteiger partial charge on any atom is 0.261 e. The molecule has 3 aromatic carbocycles. The number of carbonyl (C=O) groups is 1. The topological polar surface area (TPSA) is 93.7 Å². The Labute approximate surface area is 185 Å². The zero-order valence-corrected chi connectivity index (χ0v) is 17.9. The van der Waals surface area contributed by atoms with Crippen molar-refractivity contribution in [3.05, 3.63) is 82.9 Å². The molecule has 0 aliphatic carbocycles. The van der Waals surface area contributed by atoms with Gasteiger partial charge in [0.25, 0.3) is 15.9 Å². The Morgan fingerprint density at radius 1 is 0.935 bits per heavy atom. The highest BCUT2D eigenvalue weighted by atomic mass is 35.5. The molecule has 0 saturated carbocycles. The van der Waals surface area contributed by atoms with Crippen molar-refractivity contribution in [1.29, 1.82) is 0 Å². The predicted molar refractivity (Wildman–Crippen MR) is 117 cm³/mol.